The maximum atomic E-state index is 6.18. The van der Waals surface area contributed by atoms with E-state index in [4.69, 9.17) is 11.5 Å². The molecule has 6 nitrogen and oxygen atoms in total. The summed E-state index contributed by atoms with van der Waals surface area (Å²) in [5.74, 6) is 0. The van der Waals surface area contributed by atoms with Crippen LogP contribution in [0.5, 0.6) is 0 Å². The van der Waals surface area contributed by atoms with Gasteiger partial charge in [0.2, 0.25) is 0 Å². The maximum absolute atomic E-state index is 6.18. The van der Waals surface area contributed by atoms with Gasteiger partial charge in [-0.25, -0.2) is 18.9 Å². The first-order valence-electron chi connectivity index (χ1n) is 4.64. The molecule has 8 heteroatoms. The van der Waals surface area contributed by atoms with E-state index < -0.39 is 0 Å². The second-order valence-corrected chi connectivity index (χ2v) is 5.28. The molecule has 2 saturated heterocycles. The van der Waals surface area contributed by atoms with E-state index in [9.17, 15) is 0 Å². The number of hydrogen-bond acceptors (Lipinski definition) is 8. The van der Waals surface area contributed by atoms with Crippen LogP contribution >= 0.6 is 24.3 Å². The molecule has 0 aromatic heterocycles. The molecule has 0 radical (unpaired) electrons. The zero-order valence-electron chi connectivity index (χ0n) is 7.44. The van der Waals surface area contributed by atoms with Gasteiger partial charge < -0.3 is 11.5 Å². The highest BCUT2D eigenvalue weighted by Crippen LogP contribution is 2.29. The van der Waals surface area contributed by atoms with Crippen molar-refractivity contribution >= 4 is 24.3 Å². The molecule has 8 N–H and O–H groups in total. The van der Waals surface area contributed by atoms with Crippen LogP contribution in [0, 0.1) is 0 Å². The van der Waals surface area contributed by atoms with E-state index in [1.807, 2.05) is 0 Å². The Labute approximate surface area is 91.2 Å². The predicted molar refractivity (Wildman–Crippen MR) is 58.8 cm³/mol. The minimum Gasteiger partial charge on any atom is -0.325 e. The van der Waals surface area contributed by atoms with Crippen LogP contribution in [-0.2, 0) is 0 Å². The third kappa shape index (κ3) is 1.23. The molecule has 3 rings (SSSR count). The van der Waals surface area contributed by atoms with Gasteiger partial charge in [-0.2, -0.15) is 0 Å². The first-order chi connectivity index (χ1) is 6.79. The largest absolute Gasteiger partial charge is 0.325 e. The Balaban J connectivity index is 1.88. The van der Waals surface area contributed by atoms with Crippen molar-refractivity contribution in [3.8, 4) is 0 Å². The predicted octanol–water partition coefficient (Wildman–Crippen LogP) is -2.36. The van der Waals surface area contributed by atoms with Crippen LogP contribution in [0.1, 0.15) is 0 Å². The highest BCUT2D eigenvalue weighted by molar-refractivity contribution is 7.96. The lowest BCUT2D eigenvalue weighted by Crippen LogP contribution is -2.73. The molecule has 3 fully saturated rings. The van der Waals surface area contributed by atoms with Crippen molar-refractivity contribution in [1.29, 1.82) is 0 Å². The molecular weight excluding hydrogens is 220 g/mol. The fourth-order valence-electron chi connectivity index (χ4n) is 2.35. The summed E-state index contributed by atoms with van der Waals surface area (Å²) in [5, 5.41) is 0. The standard InChI is InChI=1S/C6H14N6S2/c7-1-3-5(11-13-9-3)2(8)6-4(1)10-14-12-6/h1-6,9-12H,7-8H2. The molecule has 1 aliphatic carbocycles. The number of fused-ring (bicyclic) bond motifs is 2. The number of hydrogen-bond donors (Lipinski definition) is 6. The Morgan fingerprint density at radius 1 is 0.643 bits per heavy atom. The van der Waals surface area contributed by atoms with Gasteiger partial charge in [-0.15, -0.1) is 0 Å². The Bertz CT molecular complexity index is 196. The van der Waals surface area contributed by atoms with Gasteiger partial charge in [0, 0.05) is 36.4 Å². The normalized spacial score (nSPS) is 57.0. The molecule has 2 heterocycles. The van der Waals surface area contributed by atoms with Crippen LogP contribution in [-0.4, -0.2) is 36.3 Å². The zero-order chi connectivity index (χ0) is 9.71. The molecule has 3 aliphatic rings. The average Bonchev–Trinajstić information content (AvgIpc) is 2.82. The van der Waals surface area contributed by atoms with Crippen LogP contribution in [0.2, 0.25) is 0 Å². The number of nitrogens with one attached hydrogen (secondary N) is 4. The lowest BCUT2D eigenvalue weighted by Gasteiger charge is -2.42. The summed E-state index contributed by atoms with van der Waals surface area (Å²) in [7, 11) is 0. The molecule has 0 aromatic rings. The Morgan fingerprint density at radius 3 is 1.21 bits per heavy atom. The Hall–Kier alpha value is 0.460. The Kier molecular flexibility index (Phi) is 2.41. The molecule has 1 saturated carbocycles. The molecule has 0 amide bonds. The average molecular weight is 234 g/mol. The van der Waals surface area contributed by atoms with Gasteiger partial charge in [-0.05, 0) is 0 Å². The minimum atomic E-state index is 0.0924. The third-order valence-corrected chi connectivity index (χ3v) is 4.77. The van der Waals surface area contributed by atoms with E-state index >= 15 is 0 Å². The quantitative estimate of drug-likeness (QED) is 0.259. The number of rotatable bonds is 0. The van der Waals surface area contributed by atoms with Crippen LogP contribution < -0.4 is 30.4 Å². The van der Waals surface area contributed by atoms with Gasteiger partial charge in [0.15, 0.2) is 0 Å². The molecule has 0 spiro atoms. The lowest BCUT2D eigenvalue weighted by molar-refractivity contribution is 0.226. The van der Waals surface area contributed by atoms with Gasteiger partial charge >= 0.3 is 0 Å². The summed E-state index contributed by atoms with van der Waals surface area (Å²) < 4.78 is 13.1. The molecule has 14 heavy (non-hydrogen) atoms. The van der Waals surface area contributed by atoms with Crippen molar-refractivity contribution in [2.45, 2.75) is 36.3 Å². The van der Waals surface area contributed by atoms with Crippen molar-refractivity contribution in [2.24, 2.45) is 11.5 Å². The summed E-state index contributed by atoms with van der Waals surface area (Å²) >= 11 is 3.01. The van der Waals surface area contributed by atoms with Crippen molar-refractivity contribution in [1.82, 2.24) is 18.9 Å². The Morgan fingerprint density at radius 2 is 0.929 bits per heavy atom. The van der Waals surface area contributed by atoms with E-state index in [0.29, 0.717) is 0 Å². The first kappa shape index (κ1) is 9.67. The smallest absolute Gasteiger partial charge is 0.0529 e. The van der Waals surface area contributed by atoms with Crippen LogP contribution in [0.4, 0.5) is 0 Å². The summed E-state index contributed by atoms with van der Waals surface area (Å²) in [5.41, 5.74) is 12.4. The molecule has 0 aromatic carbocycles. The van der Waals surface area contributed by atoms with Crippen LogP contribution in [0.15, 0.2) is 0 Å². The van der Waals surface area contributed by atoms with E-state index in [1.54, 1.807) is 0 Å². The second-order valence-electron chi connectivity index (χ2n) is 3.93. The summed E-state index contributed by atoms with van der Waals surface area (Å²) in [6.07, 6.45) is 0. The van der Waals surface area contributed by atoms with Crippen LogP contribution in [0.3, 0.4) is 0 Å². The fourth-order valence-corrected chi connectivity index (χ4v) is 4.25. The molecule has 2 aliphatic heterocycles. The summed E-state index contributed by atoms with van der Waals surface area (Å²) in [6.45, 7) is 0. The van der Waals surface area contributed by atoms with Crippen molar-refractivity contribution in [2.75, 3.05) is 0 Å². The second kappa shape index (κ2) is 3.49. The molecule has 80 valence electrons. The summed E-state index contributed by atoms with van der Waals surface area (Å²) in [4.78, 5) is 0. The maximum Gasteiger partial charge on any atom is 0.0529 e. The van der Waals surface area contributed by atoms with Gasteiger partial charge in [-0.1, -0.05) is 0 Å². The summed E-state index contributed by atoms with van der Waals surface area (Å²) in [6, 6.07) is 1.20. The van der Waals surface area contributed by atoms with Crippen molar-refractivity contribution in [3.63, 3.8) is 0 Å². The first-order valence-corrected chi connectivity index (χ1v) is 6.27. The highest BCUT2D eigenvalue weighted by atomic mass is 32.2. The minimum absolute atomic E-state index is 0.0924. The van der Waals surface area contributed by atoms with Crippen molar-refractivity contribution in [3.05, 3.63) is 0 Å². The molecule has 4 unspecified atom stereocenters. The van der Waals surface area contributed by atoms with Crippen molar-refractivity contribution < 1.29 is 0 Å². The SMILES string of the molecule is NC1C2NSNC2C(N)C2NSNC12. The van der Waals surface area contributed by atoms with Gasteiger partial charge in [0.05, 0.1) is 24.2 Å². The van der Waals surface area contributed by atoms with E-state index in [1.165, 1.54) is 24.3 Å². The number of nitrogens with two attached hydrogens (primary N) is 2. The van der Waals surface area contributed by atoms with Gasteiger partial charge in [0.1, 0.15) is 0 Å². The van der Waals surface area contributed by atoms with E-state index in [2.05, 4.69) is 18.9 Å². The molecular formula is C6H14N6S2. The molecule has 0 bridgehead atoms. The molecule has 4 atom stereocenters. The third-order valence-electron chi connectivity index (χ3n) is 3.21. The monoisotopic (exact) mass is 234 g/mol. The highest BCUT2D eigenvalue weighted by Gasteiger charge is 2.52. The van der Waals surface area contributed by atoms with Gasteiger partial charge in [0.25, 0.3) is 0 Å². The lowest BCUT2D eigenvalue weighted by atomic mass is 9.78. The fraction of sp³-hybridized carbons (Fsp3) is 1.00. The van der Waals surface area contributed by atoms with Gasteiger partial charge in [-0.3, -0.25) is 0 Å². The van der Waals surface area contributed by atoms with Crippen LogP contribution in [0.25, 0.3) is 0 Å². The zero-order valence-corrected chi connectivity index (χ0v) is 9.07. The topological polar surface area (TPSA) is 100 Å². The van der Waals surface area contributed by atoms with E-state index in [-0.39, 0.29) is 36.3 Å². The van der Waals surface area contributed by atoms with E-state index in [0.717, 1.165) is 0 Å².